The molecule has 0 saturated carbocycles. The van der Waals surface area contributed by atoms with Gasteiger partial charge in [-0.15, -0.1) is 0 Å². The van der Waals surface area contributed by atoms with Crippen LogP contribution in [0.3, 0.4) is 0 Å². The highest BCUT2D eigenvalue weighted by atomic mass is 35.5. The Morgan fingerprint density at radius 2 is 1.88 bits per heavy atom. The first-order valence-corrected chi connectivity index (χ1v) is 13.8. The standard InChI is InChI=1S/C23H24ClN3O5S2/c1-2-27-18-12-19-20(32-11-10-31-19)13-21(18)33-23(27)25-22(28)15-4-3-9-26(14-15)34(29,30)17-7-5-16(24)6-8-17/h5-8,12-13,15H,2-4,9-11,14H2,1H3. The number of hydrogen-bond donors (Lipinski definition) is 0. The summed E-state index contributed by atoms with van der Waals surface area (Å²) in [5, 5.41) is 0.469. The molecule has 8 nitrogen and oxygen atoms in total. The molecule has 0 bridgehead atoms. The van der Waals surface area contributed by atoms with Crippen LogP contribution in [-0.2, 0) is 21.4 Å². The number of aryl methyl sites for hydroxylation is 1. The van der Waals surface area contributed by atoms with Gasteiger partial charge in [0.25, 0.3) is 5.91 Å². The summed E-state index contributed by atoms with van der Waals surface area (Å²) in [6, 6.07) is 9.92. The van der Waals surface area contributed by atoms with Gasteiger partial charge in [-0.25, -0.2) is 8.42 Å². The maximum atomic E-state index is 13.2. The van der Waals surface area contributed by atoms with Crippen molar-refractivity contribution < 1.29 is 22.7 Å². The predicted molar refractivity (Wildman–Crippen MR) is 130 cm³/mol. The molecule has 0 N–H and O–H groups in total. The highest BCUT2D eigenvalue weighted by Gasteiger charge is 2.33. The maximum Gasteiger partial charge on any atom is 0.252 e. The summed E-state index contributed by atoms with van der Waals surface area (Å²) < 4.78 is 41.9. The second-order valence-corrected chi connectivity index (χ2v) is 11.6. The molecule has 1 atom stereocenters. The Kier molecular flexibility index (Phi) is 6.41. The van der Waals surface area contributed by atoms with Crippen LogP contribution in [-0.4, -0.2) is 49.5 Å². The molecule has 2 aliphatic heterocycles. The van der Waals surface area contributed by atoms with Crippen molar-refractivity contribution in [3.63, 3.8) is 0 Å². The van der Waals surface area contributed by atoms with E-state index in [1.165, 1.54) is 27.8 Å². The van der Waals surface area contributed by atoms with Crippen molar-refractivity contribution >= 4 is 49.1 Å². The minimum absolute atomic E-state index is 0.111. The van der Waals surface area contributed by atoms with E-state index in [-0.39, 0.29) is 17.3 Å². The number of piperidine rings is 1. The van der Waals surface area contributed by atoms with Crippen LogP contribution >= 0.6 is 22.9 Å². The van der Waals surface area contributed by atoms with Crippen LogP contribution < -0.4 is 14.3 Å². The molecule has 1 fully saturated rings. The van der Waals surface area contributed by atoms with Gasteiger partial charge in [-0.05, 0) is 44.0 Å². The number of fused-ring (bicyclic) bond motifs is 2. The Labute approximate surface area is 206 Å². The van der Waals surface area contributed by atoms with Gasteiger partial charge in [0.15, 0.2) is 16.3 Å². The van der Waals surface area contributed by atoms with Gasteiger partial charge < -0.3 is 14.0 Å². The zero-order chi connectivity index (χ0) is 23.9. The summed E-state index contributed by atoms with van der Waals surface area (Å²) in [7, 11) is -3.71. The van der Waals surface area contributed by atoms with Crippen LogP contribution in [0.25, 0.3) is 10.2 Å². The quantitative estimate of drug-likeness (QED) is 0.522. The van der Waals surface area contributed by atoms with Crippen molar-refractivity contribution in [3.8, 4) is 11.5 Å². The lowest BCUT2D eigenvalue weighted by atomic mass is 9.99. The second-order valence-electron chi connectivity index (χ2n) is 8.20. The lowest BCUT2D eigenvalue weighted by molar-refractivity contribution is -0.122. The molecule has 1 amide bonds. The number of carbonyl (C=O) groups is 1. The average Bonchev–Trinajstić information content (AvgIpc) is 3.18. The number of benzene rings is 2. The highest BCUT2D eigenvalue weighted by Crippen LogP contribution is 2.35. The maximum absolute atomic E-state index is 13.2. The Hall–Kier alpha value is -2.40. The van der Waals surface area contributed by atoms with Crippen LogP contribution in [0.5, 0.6) is 11.5 Å². The molecule has 0 spiro atoms. The average molecular weight is 522 g/mol. The van der Waals surface area contributed by atoms with Crippen molar-refractivity contribution in [2.45, 2.75) is 31.2 Å². The van der Waals surface area contributed by atoms with Crippen LogP contribution in [0.2, 0.25) is 5.02 Å². The summed E-state index contributed by atoms with van der Waals surface area (Å²) in [6.45, 7) is 4.12. The summed E-state index contributed by atoms with van der Waals surface area (Å²) in [5.41, 5.74) is 0.930. The molecule has 1 unspecified atom stereocenters. The second kappa shape index (κ2) is 9.33. The van der Waals surface area contributed by atoms with Gasteiger partial charge in [0.2, 0.25) is 10.0 Å². The third-order valence-corrected chi connectivity index (χ3v) is 9.23. The van der Waals surface area contributed by atoms with Gasteiger partial charge in [-0.1, -0.05) is 22.9 Å². The first-order chi connectivity index (χ1) is 16.4. The zero-order valence-corrected chi connectivity index (χ0v) is 21.0. The Bertz CT molecular complexity index is 1410. The van der Waals surface area contributed by atoms with E-state index in [1.54, 1.807) is 12.1 Å². The molecule has 1 saturated heterocycles. The first kappa shape index (κ1) is 23.3. The molecule has 1 aromatic heterocycles. The molecule has 34 heavy (non-hydrogen) atoms. The molecule has 2 aliphatic rings. The lowest BCUT2D eigenvalue weighted by Crippen LogP contribution is -2.42. The summed E-state index contributed by atoms with van der Waals surface area (Å²) in [6.07, 6.45) is 1.20. The molecular formula is C23H24ClN3O5S2. The van der Waals surface area contributed by atoms with Crippen LogP contribution in [0.4, 0.5) is 0 Å². The summed E-state index contributed by atoms with van der Waals surface area (Å²) in [5.74, 6) is 0.580. The lowest BCUT2D eigenvalue weighted by Gasteiger charge is -2.30. The SMILES string of the molecule is CCn1c(=NC(=O)C2CCCN(S(=O)(=O)c3ccc(Cl)cc3)C2)sc2cc3c(cc21)OCCO3. The molecule has 11 heteroatoms. The molecule has 0 radical (unpaired) electrons. The van der Waals surface area contributed by atoms with E-state index >= 15 is 0 Å². The topological polar surface area (TPSA) is 90.2 Å². The fraction of sp³-hybridized carbons (Fsp3) is 0.391. The number of halogens is 1. The van der Waals surface area contributed by atoms with Crippen molar-refractivity contribution in [1.29, 1.82) is 0 Å². The third kappa shape index (κ3) is 4.35. The molecule has 5 rings (SSSR count). The number of amides is 1. The predicted octanol–water partition coefficient (Wildman–Crippen LogP) is 3.68. The van der Waals surface area contributed by atoms with E-state index in [0.717, 1.165) is 10.2 Å². The van der Waals surface area contributed by atoms with Gasteiger partial charge in [0.05, 0.1) is 21.0 Å². The van der Waals surface area contributed by atoms with Gasteiger partial charge in [0.1, 0.15) is 13.2 Å². The van der Waals surface area contributed by atoms with Crippen LogP contribution in [0.15, 0.2) is 46.3 Å². The van der Waals surface area contributed by atoms with E-state index in [0.29, 0.717) is 60.5 Å². The molecule has 3 aromatic rings. The van der Waals surface area contributed by atoms with Crippen molar-refractivity contribution in [3.05, 3.63) is 46.2 Å². The number of thiazole rings is 1. The number of sulfonamides is 1. The Morgan fingerprint density at radius 3 is 2.59 bits per heavy atom. The zero-order valence-electron chi connectivity index (χ0n) is 18.6. The van der Waals surface area contributed by atoms with Crippen molar-refractivity contribution in [1.82, 2.24) is 8.87 Å². The number of hydrogen-bond acceptors (Lipinski definition) is 6. The van der Waals surface area contributed by atoms with E-state index in [4.69, 9.17) is 21.1 Å². The molecule has 180 valence electrons. The number of carbonyl (C=O) groups excluding carboxylic acids is 1. The van der Waals surface area contributed by atoms with Gasteiger partial charge in [-0.3, -0.25) is 4.79 Å². The minimum atomic E-state index is -3.71. The third-order valence-electron chi connectivity index (χ3n) is 6.05. The van der Waals surface area contributed by atoms with E-state index in [2.05, 4.69) is 4.99 Å². The Balaban J connectivity index is 1.43. The van der Waals surface area contributed by atoms with Gasteiger partial charge in [-0.2, -0.15) is 9.30 Å². The van der Waals surface area contributed by atoms with Gasteiger partial charge in [0, 0.05) is 36.8 Å². The van der Waals surface area contributed by atoms with E-state index in [1.807, 2.05) is 23.6 Å². The van der Waals surface area contributed by atoms with Crippen molar-refractivity contribution in [2.24, 2.45) is 10.9 Å². The highest BCUT2D eigenvalue weighted by molar-refractivity contribution is 7.89. The number of aromatic nitrogens is 1. The van der Waals surface area contributed by atoms with E-state index in [9.17, 15) is 13.2 Å². The summed E-state index contributed by atoms with van der Waals surface area (Å²) in [4.78, 5) is 18.4. The molecule has 2 aromatic carbocycles. The fourth-order valence-electron chi connectivity index (χ4n) is 4.30. The number of nitrogens with zero attached hydrogens (tertiary/aromatic N) is 3. The fourth-order valence-corrected chi connectivity index (χ4v) is 7.06. The summed E-state index contributed by atoms with van der Waals surface area (Å²) >= 11 is 7.31. The Morgan fingerprint density at radius 1 is 1.18 bits per heavy atom. The van der Waals surface area contributed by atoms with Gasteiger partial charge >= 0.3 is 0 Å². The number of ether oxygens (including phenoxy) is 2. The first-order valence-electron chi connectivity index (χ1n) is 11.1. The largest absolute Gasteiger partial charge is 0.486 e. The molecular weight excluding hydrogens is 498 g/mol. The normalized spacial score (nSPS) is 19.5. The van der Waals surface area contributed by atoms with Crippen LogP contribution in [0.1, 0.15) is 19.8 Å². The molecule has 0 aliphatic carbocycles. The number of rotatable bonds is 4. The minimum Gasteiger partial charge on any atom is -0.486 e. The molecule has 3 heterocycles. The van der Waals surface area contributed by atoms with Crippen molar-refractivity contribution in [2.75, 3.05) is 26.3 Å². The monoisotopic (exact) mass is 521 g/mol. The smallest absolute Gasteiger partial charge is 0.252 e. The van der Waals surface area contributed by atoms with Crippen LogP contribution in [0, 0.1) is 5.92 Å². The van der Waals surface area contributed by atoms with E-state index < -0.39 is 15.9 Å².